The van der Waals surface area contributed by atoms with Gasteiger partial charge in [0.2, 0.25) is 5.91 Å². The second kappa shape index (κ2) is 6.24. The number of fused-ring (bicyclic) bond motifs is 3. The van der Waals surface area contributed by atoms with Crippen LogP contribution in [0.1, 0.15) is 23.1 Å². The summed E-state index contributed by atoms with van der Waals surface area (Å²) in [4.78, 5) is 12.9. The first-order valence-electron chi connectivity index (χ1n) is 7.92. The molecular formula is C19H13Cl2N3O2. The van der Waals surface area contributed by atoms with Crippen LogP contribution in [0.2, 0.25) is 10.0 Å². The summed E-state index contributed by atoms with van der Waals surface area (Å²) in [7, 11) is 0. The van der Waals surface area contributed by atoms with Gasteiger partial charge in [-0.05, 0) is 23.8 Å². The predicted octanol–water partition coefficient (Wildman–Crippen LogP) is 4.11. The standard InChI is InChI=1S/C19H13Cl2N3O2/c20-12-6-5-9(7-13(12)21)15-11(8-22)18(23)26-17-10-3-1-2-4-14(10)24-19(25)16(15)17/h1-7,15-17H,23H2,(H,24,25). The molecule has 0 bridgehead atoms. The van der Waals surface area contributed by atoms with E-state index >= 15 is 0 Å². The lowest BCUT2D eigenvalue weighted by Crippen LogP contribution is -2.42. The Bertz CT molecular complexity index is 997. The van der Waals surface area contributed by atoms with Gasteiger partial charge in [-0.3, -0.25) is 4.79 Å². The van der Waals surface area contributed by atoms with Crippen molar-refractivity contribution in [3.05, 3.63) is 75.1 Å². The smallest absolute Gasteiger partial charge is 0.232 e. The molecule has 0 radical (unpaired) electrons. The Labute approximate surface area is 160 Å². The van der Waals surface area contributed by atoms with E-state index in [1.165, 1.54) is 0 Å². The summed E-state index contributed by atoms with van der Waals surface area (Å²) in [5, 5.41) is 13.3. The largest absolute Gasteiger partial charge is 0.469 e. The molecule has 2 aliphatic rings. The number of carbonyl (C=O) groups is 1. The van der Waals surface area contributed by atoms with E-state index in [0.717, 1.165) is 5.56 Å². The first kappa shape index (κ1) is 16.8. The summed E-state index contributed by atoms with van der Waals surface area (Å²) in [5.41, 5.74) is 8.44. The predicted molar refractivity (Wildman–Crippen MR) is 98.4 cm³/mol. The lowest BCUT2D eigenvalue weighted by Gasteiger charge is -2.41. The van der Waals surface area contributed by atoms with Gasteiger partial charge in [0, 0.05) is 17.2 Å². The molecule has 0 aliphatic carbocycles. The van der Waals surface area contributed by atoms with Crippen LogP contribution in [0.5, 0.6) is 0 Å². The molecule has 2 aliphatic heterocycles. The van der Waals surface area contributed by atoms with Crippen molar-refractivity contribution in [1.82, 2.24) is 0 Å². The van der Waals surface area contributed by atoms with E-state index in [-0.39, 0.29) is 17.4 Å². The summed E-state index contributed by atoms with van der Waals surface area (Å²) < 4.78 is 5.81. The molecule has 0 fully saturated rings. The lowest BCUT2D eigenvalue weighted by atomic mass is 9.72. The van der Waals surface area contributed by atoms with E-state index in [4.69, 9.17) is 33.7 Å². The van der Waals surface area contributed by atoms with E-state index in [2.05, 4.69) is 11.4 Å². The summed E-state index contributed by atoms with van der Waals surface area (Å²) in [6.07, 6.45) is -0.587. The van der Waals surface area contributed by atoms with Crippen molar-refractivity contribution >= 4 is 34.8 Å². The zero-order valence-electron chi connectivity index (χ0n) is 13.4. The third-order valence-electron chi connectivity index (χ3n) is 4.77. The monoisotopic (exact) mass is 385 g/mol. The Morgan fingerprint density at radius 3 is 2.65 bits per heavy atom. The number of hydrogen-bond donors (Lipinski definition) is 2. The van der Waals surface area contributed by atoms with Crippen LogP contribution >= 0.6 is 23.2 Å². The molecule has 0 spiro atoms. The van der Waals surface area contributed by atoms with Crippen LogP contribution in [-0.2, 0) is 9.53 Å². The van der Waals surface area contributed by atoms with Crippen LogP contribution < -0.4 is 11.1 Å². The number of amides is 1. The minimum absolute atomic E-state index is 0.0225. The van der Waals surface area contributed by atoms with Crippen LogP contribution in [0.4, 0.5) is 5.69 Å². The molecule has 130 valence electrons. The van der Waals surface area contributed by atoms with Gasteiger partial charge in [0.15, 0.2) is 5.88 Å². The highest BCUT2D eigenvalue weighted by Gasteiger charge is 2.48. The average Bonchev–Trinajstić information content (AvgIpc) is 2.63. The van der Waals surface area contributed by atoms with Crippen molar-refractivity contribution in [2.45, 2.75) is 12.0 Å². The molecular weight excluding hydrogens is 373 g/mol. The number of carbonyl (C=O) groups excluding carboxylic acids is 1. The number of nitrogens with two attached hydrogens (primary N) is 1. The summed E-state index contributed by atoms with van der Waals surface area (Å²) in [6, 6.07) is 14.5. The third-order valence-corrected chi connectivity index (χ3v) is 5.51. The number of ether oxygens (including phenoxy) is 1. The number of allylic oxidation sites excluding steroid dienone is 1. The van der Waals surface area contributed by atoms with Crippen molar-refractivity contribution < 1.29 is 9.53 Å². The van der Waals surface area contributed by atoms with Gasteiger partial charge >= 0.3 is 0 Å². The molecule has 26 heavy (non-hydrogen) atoms. The normalized spacial score (nSPS) is 24.0. The quantitative estimate of drug-likeness (QED) is 0.772. The molecule has 2 heterocycles. The summed E-state index contributed by atoms with van der Waals surface area (Å²) in [5.74, 6) is -1.44. The Morgan fingerprint density at radius 1 is 1.15 bits per heavy atom. The fraction of sp³-hybridized carbons (Fsp3) is 0.158. The molecule has 3 atom stereocenters. The minimum atomic E-state index is -0.649. The Kier molecular flexibility index (Phi) is 4.03. The highest BCUT2D eigenvalue weighted by molar-refractivity contribution is 6.42. The molecule has 3 N–H and O–H groups in total. The molecule has 1 amide bonds. The molecule has 3 unspecified atom stereocenters. The van der Waals surface area contributed by atoms with E-state index < -0.39 is 17.9 Å². The average molecular weight is 386 g/mol. The number of anilines is 1. The highest BCUT2D eigenvalue weighted by atomic mass is 35.5. The van der Waals surface area contributed by atoms with Crippen LogP contribution in [0.15, 0.2) is 53.9 Å². The van der Waals surface area contributed by atoms with Gasteiger partial charge in [-0.2, -0.15) is 5.26 Å². The molecule has 7 heteroatoms. The summed E-state index contributed by atoms with van der Waals surface area (Å²) >= 11 is 12.2. The maximum atomic E-state index is 12.9. The van der Waals surface area contributed by atoms with Crippen LogP contribution in [0.3, 0.4) is 0 Å². The van der Waals surface area contributed by atoms with E-state index in [9.17, 15) is 10.1 Å². The van der Waals surface area contributed by atoms with Crippen LogP contribution in [0, 0.1) is 17.2 Å². The second-order valence-electron chi connectivity index (χ2n) is 6.18. The van der Waals surface area contributed by atoms with Gasteiger partial charge < -0.3 is 15.8 Å². The number of nitrogens with one attached hydrogen (secondary N) is 1. The van der Waals surface area contributed by atoms with Gasteiger partial charge in [0.1, 0.15) is 12.2 Å². The molecule has 0 aromatic heterocycles. The second-order valence-corrected chi connectivity index (χ2v) is 7.00. The molecule has 4 rings (SSSR count). The van der Waals surface area contributed by atoms with Gasteiger partial charge in [0.05, 0.1) is 21.5 Å². The number of rotatable bonds is 1. The van der Waals surface area contributed by atoms with Gasteiger partial charge in [-0.1, -0.05) is 47.5 Å². The van der Waals surface area contributed by atoms with Gasteiger partial charge in [-0.25, -0.2) is 0 Å². The Morgan fingerprint density at radius 2 is 1.92 bits per heavy atom. The third kappa shape index (κ3) is 2.50. The van der Waals surface area contributed by atoms with Crippen LogP contribution in [0.25, 0.3) is 0 Å². The summed E-state index contributed by atoms with van der Waals surface area (Å²) in [6.45, 7) is 0. The molecule has 0 saturated heterocycles. The Balaban J connectivity index is 1.91. The van der Waals surface area contributed by atoms with E-state index in [1.807, 2.05) is 18.2 Å². The van der Waals surface area contributed by atoms with Gasteiger partial charge in [0.25, 0.3) is 0 Å². The van der Waals surface area contributed by atoms with Crippen molar-refractivity contribution in [2.75, 3.05) is 5.32 Å². The minimum Gasteiger partial charge on any atom is -0.469 e. The number of hydrogen-bond acceptors (Lipinski definition) is 4. The molecule has 2 aromatic rings. The zero-order valence-corrected chi connectivity index (χ0v) is 14.9. The van der Waals surface area contributed by atoms with Crippen molar-refractivity contribution in [2.24, 2.45) is 11.7 Å². The molecule has 2 aromatic carbocycles. The lowest BCUT2D eigenvalue weighted by molar-refractivity contribution is -0.126. The molecule has 0 saturated carbocycles. The number of para-hydroxylation sites is 1. The zero-order chi connectivity index (χ0) is 18.4. The fourth-order valence-corrected chi connectivity index (χ4v) is 3.91. The number of nitriles is 1. The van der Waals surface area contributed by atoms with Gasteiger partial charge in [-0.15, -0.1) is 0 Å². The first-order chi connectivity index (χ1) is 12.5. The van der Waals surface area contributed by atoms with E-state index in [1.54, 1.807) is 24.3 Å². The number of nitrogens with zero attached hydrogens (tertiary/aromatic N) is 1. The van der Waals surface area contributed by atoms with E-state index in [0.29, 0.717) is 21.3 Å². The van der Waals surface area contributed by atoms with Crippen molar-refractivity contribution in [3.63, 3.8) is 0 Å². The maximum Gasteiger partial charge on any atom is 0.232 e. The van der Waals surface area contributed by atoms with Crippen molar-refractivity contribution in [3.8, 4) is 6.07 Å². The Hall–Kier alpha value is -2.68. The molecule has 5 nitrogen and oxygen atoms in total. The first-order valence-corrected chi connectivity index (χ1v) is 8.68. The fourth-order valence-electron chi connectivity index (χ4n) is 3.61. The number of halogens is 2. The topological polar surface area (TPSA) is 88.1 Å². The van der Waals surface area contributed by atoms with Crippen LogP contribution in [-0.4, -0.2) is 5.91 Å². The SMILES string of the molecule is N#CC1=C(N)OC2c3ccccc3NC(=O)C2C1c1ccc(Cl)c(Cl)c1. The maximum absolute atomic E-state index is 12.9. The number of benzene rings is 2. The highest BCUT2D eigenvalue weighted by Crippen LogP contribution is 2.50. The van der Waals surface area contributed by atoms with Crippen molar-refractivity contribution in [1.29, 1.82) is 5.26 Å².